The molecular weight excluding hydrogens is 639 g/mol. The lowest BCUT2D eigenvalue weighted by Gasteiger charge is -2.39. The van der Waals surface area contributed by atoms with Crippen LogP contribution in [-0.4, -0.2) is 98.8 Å². The summed E-state index contributed by atoms with van der Waals surface area (Å²) in [7, 11) is 0. The van der Waals surface area contributed by atoms with E-state index in [1.54, 1.807) is 0 Å². The quantitative estimate of drug-likeness (QED) is 0.0627. The van der Waals surface area contributed by atoms with Gasteiger partial charge in [-0.1, -0.05) is 155 Å². The van der Waals surface area contributed by atoms with Crippen LogP contribution in [0.15, 0.2) is 0 Å². The van der Waals surface area contributed by atoms with Crippen molar-refractivity contribution in [2.24, 2.45) is 0 Å². The van der Waals surface area contributed by atoms with Gasteiger partial charge >= 0.3 is 0 Å². The Hall–Kier alpha value is 0.340. The van der Waals surface area contributed by atoms with Crippen molar-refractivity contribution in [3.63, 3.8) is 0 Å². The van der Waals surface area contributed by atoms with Gasteiger partial charge < -0.3 is 9.47 Å². The van der Waals surface area contributed by atoms with Gasteiger partial charge in [-0.2, -0.15) is 0 Å². The van der Waals surface area contributed by atoms with Gasteiger partial charge in [0.15, 0.2) is 0 Å². The van der Waals surface area contributed by atoms with Crippen molar-refractivity contribution in [2.45, 2.75) is 181 Å². The van der Waals surface area contributed by atoms with Gasteiger partial charge in [0.25, 0.3) is 0 Å². The maximum absolute atomic E-state index is 5.70. The van der Waals surface area contributed by atoms with Crippen LogP contribution in [0.3, 0.4) is 0 Å². The Morgan fingerprint density at radius 1 is 0.333 bits per heavy atom. The first-order valence-electron chi connectivity index (χ1n) is 21.0. The molecule has 0 bridgehead atoms. The van der Waals surface area contributed by atoms with Crippen LogP contribution in [0.2, 0.25) is 0 Å². The highest BCUT2D eigenvalue weighted by Crippen LogP contribution is 2.16. The zero-order valence-electron chi connectivity index (χ0n) is 32.3. The normalized spacial score (nSPS) is 16.0. The van der Waals surface area contributed by atoms with Crippen LogP contribution in [0.25, 0.3) is 0 Å². The number of hydrogen-bond donors (Lipinski definition) is 0. The maximum atomic E-state index is 5.70. The summed E-state index contributed by atoms with van der Waals surface area (Å²) in [5.74, 6) is 0. The Morgan fingerprint density at radius 2 is 0.542 bits per heavy atom. The van der Waals surface area contributed by atoms with Crippen molar-refractivity contribution in [1.82, 2.24) is 20.0 Å². The second-order valence-electron chi connectivity index (χ2n) is 14.5. The Bertz CT molecular complexity index is 572. The average Bonchev–Trinajstić information content (AvgIpc) is 3.09. The molecule has 8 heteroatoms. The Kier molecular flexibility index (Phi) is 37.4. The highest BCUT2D eigenvalue weighted by atomic mass is 35.5. The van der Waals surface area contributed by atoms with Gasteiger partial charge in [0.1, 0.15) is 0 Å². The molecule has 0 aromatic rings. The first-order valence-corrected chi connectivity index (χ1v) is 21.0. The van der Waals surface area contributed by atoms with E-state index < -0.39 is 0 Å². The standard InChI is InChI=1S/C40H82N4O2.2ClH/c1-3-5-7-9-11-13-15-17-19-21-23-25-29-41(43-33-37-45-38-34-43)31-27-28-32-42(44-35-39-46-40-36-44)30-26-24-22-20-18-16-14-12-10-8-6-4-2;;/h3-40H2,1-2H3;2*1H. The topological polar surface area (TPSA) is 31.4 Å². The predicted octanol–water partition coefficient (Wildman–Crippen LogP) is 11.1. The highest BCUT2D eigenvalue weighted by Gasteiger charge is 2.20. The Balaban J connectivity index is 0.0000110. The van der Waals surface area contributed by atoms with Crippen molar-refractivity contribution < 1.29 is 9.47 Å². The average molecular weight is 724 g/mol. The number of halogens is 2. The van der Waals surface area contributed by atoms with Gasteiger partial charge in [-0.05, 0) is 25.7 Å². The van der Waals surface area contributed by atoms with Gasteiger partial charge in [-0.15, -0.1) is 24.8 Å². The molecule has 2 aliphatic heterocycles. The van der Waals surface area contributed by atoms with Gasteiger partial charge in [0.2, 0.25) is 0 Å². The van der Waals surface area contributed by atoms with Crippen molar-refractivity contribution >= 4 is 24.8 Å². The molecule has 48 heavy (non-hydrogen) atoms. The molecule has 2 fully saturated rings. The first kappa shape index (κ1) is 48.3. The maximum Gasteiger partial charge on any atom is 0.0608 e. The molecule has 2 saturated heterocycles. The fourth-order valence-corrected chi connectivity index (χ4v) is 7.32. The first-order chi connectivity index (χ1) is 22.8. The minimum absolute atomic E-state index is 0. The van der Waals surface area contributed by atoms with E-state index in [0.717, 1.165) is 52.6 Å². The molecule has 0 unspecified atom stereocenters. The van der Waals surface area contributed by atoms with Crippen molar-refractivity contribution in [2.75, 3.05) is 78.8 Å². The van der Waals surface area contributed by atoms with Crippen LogP contribution in [0.5, 0.6) is 0 Å². The molecule has 2 aliphatic rings. The van der Waals surface area contributed by atoms with E-state index in [1.165, 1.54) is 193 Å². The SMILES string of the molecule is CCCCCCCCCCCCCCN(CCCCN(CCCCCCCCCCCCCC)N1CCOCC1)N1CCOCC1.Cl.Cl. The van der Waals surface area contributed by atoms with Gasteiger partial charge in [-0.3, -0.25) is 0 Å². The molecule has 0 amide bonds. The van der Waals surface area contributed by atoms with E-state index in [9.17, 15) is 0 Å². The number of hydrazine groups is 2. The van der Waals surface area contributed by atoms with Gasteiger partial charge in [0, 0.05) is 52.4 Å². The van der Waals surface area contributed by atoms with E-state index in [1.807, 2.05) is 0 Å². The minimum atomic E-state index is 0. The van der Waals surface area contributed by atoms with Crippen molar-refractivity contribution in [3.05, 3.63) is 0 Å². The fraction of sp³-hybridized carbons (Fsp3) is 1.00. The molecule has 0 aliphatic carbocycles. The Labute approximate surface area is 312 Å². The van der Waals surface area contributed by atoms with Crippen molar-refractivity contribution in [1.29, 1.82) is 0 Å². The summed E-state index contributed by atoms with van der Waals surface area (Å²) in [6.07, 6.45) is 36.7. The summed E-state index contributed by atoms with van der Waals surface area (Å²) in [6.45, 7) is 17.3. The second kappa shape index (κ2) is 37.1. The van der Waals surface area contributed by atoms with E-state index in [-0.39, 0.29) is 24.8 Å². The van der Waals surface area contributed by atoms with Gasteiger partial charge in [0.05, 0.1) is 26.4 Å². The molecule has 0 radical (unpaired) electrons. The largest absolute Gasteiger partial charge is 0.379 e. The van der Waals surface area contributed by atoms with Crippen LogP contribution in [-0.2, 0) is 9.47 Å². The number of ether oxygens (including phenoxy) is 2. The van der Waals surface area contributed by atoms with E-state index in [4.69, 9.17) is 9.47 Å². The second-order valence-corrected chi connectivity index (χ2v) is 14.5. The fourth-order valence-electron chi connectivity index (χ4n) is 7.32. The molecule has 2 heterocycles. The van der Waals surface area contributed by atoms with Crippen LogP contribution in [0.4, 0.5) is 0 Å². The van der Waals surface area contributed by atoms with Crippen LogP contribution >= 0.6 is 24.8 Å². The van der Waals surface area contributed by atoms with E-state index in [0.29, 0.717) is 0 Å². The van der Waals surface area contributed by atoms with Crippen LogP contribution in [0.1, 0.15) is 181 Å². The molecule has 290 valence electrons. The van der Waals surface area contributed by atoms with Gasteiger partial charge in [-0.25, -0.2) is 20.0 Å². The zero-order chi connectivity index (χ0) is 32.6. The zero-order valence-corrected chi connectivity index (χ0v) is 33.9. The third-order valence-electron chi connectivity index (χ3n) is 10.4. The molecule has 0 aromatic heterocycles. The third-order valence-corrected chi connectivity index (χ3v) is 10.4. The smallest absolute Gasteiger partial charge is 0.0608 e. The molecule has 2 rings (SSSR count). The number of morpholine rings is 2. The van der Waals surface area contributed by atoms with Crippen LogP contribution in [0, 0.1) is 0 Å². The van der Waals surface area contributed by atoms with Crippen molar-refractivity contribution in [3.8, 4) is 0 Å². The number of hydrogen-bond acceptors (Lipinski definition) is 6. The number of unbranched alkanes of at least 4 members (excludes halogenated alkanes) is 23. The summed E-state index contributed by atoms with van der Waals surface area (Å²) in [4.78, 5) is 0. The molecule has 0 spiro atoms. The van der Waals surface area contributed by atoms with E-state index >= 15 is 0 Å². The lowest BCUT2D eigenvalue weighted by atomic mass is 10.1. The summed E-state index contributed by atoms with van der Waals surface area (Å²) in [5.41, 5.74) is 0. The summed E-state index contributed by atoms with van der Waals surface area (Å²) >= 11 is 0. The molecular formula is C40H84Cl2N4O2. The number of rotatable bonds is 33. The predicted molar refractivity (Wildman–Crippen MR) is 214 cm³/mol. The molecule has 6 nitrogen and oxygen atoms in total. The Morgan fingerprint density at radius 3 is 0.792 bits per heavy atom. The third kappa shape index (κ3) is 27.1. The monoisotopic (exact) mass is 723 g/mol. The molecule has 0 aromatic carbocycles. The molecule has 0 atom stereocenters. The lowest BCUT2D eigenvalue weighted by Crippen LogP contribution is -2.50. The summed E-state index contributed by atoms with van der Waals surface area (Å²) < 4.78 is 11.4. The summed E-state index contributed by atoms with van der Waals surface area (Å²) in [6, 6.07) is 0. The molecule has 0 saturated carbocycles. The summed E-state index contributed by atoms with van der Waals surface area (Å²) in [5, 5.41) is 10.6. The van der Waals surface area contributed by atoms with E-state index in [2.05, 4.69) is 33.9 Å². The highest BCUT2D eigenvalue weighted by molar-refractivity contribution is 5.85. The molecule has 0 N–H and O–H groups in total. The lowest BCUT2D eigenvalue weighted by molar-refractivity contribution is -0.0981. The number of nitrogens with zero attached hydrogens (tertiary/aromatic N) is 4. The van der Waals surface area contributed by atoms with Crippen LogP contribution < -0.4 is 0 Å². The minimum Gasteiger partial charge on any atom is -0.379 e.